The Morgan fingerprint density at radius 2 is 1.50 bits per heavy atom. The molecule has 1 aliphatic heterocycles. The van der Waals surface area contributed by atoms with E-state index < -0.39 is 12.0 Å². The third-order valence-electron chi connectivity index (χ3n) is 5.97. The zero-order valence-electron chi connectivity index (χ0n) is 14.2. The Labute approximate surface area is 143 Å². The topological polar surface area (TPSA) is 86.7 Å². The first-order valence-corrected chi connectivity index (χ1v) is 9.40. The molecule has 0 unspecified atom stereocenters. The Morgan fingerprint density at radius 3 is 2.12 bits per heavy atom. The molecule has 0 radical (unpaired) electrons. The third-order valence-corrected chi connectivity index (χ3v) is 5.97. The molecule has 6 heteroatoms. The molecule has 0 aromatic rings. The fourth-order valence-electron chi connectivity index (χ4n) is 4.51. The van der Waals surface area contributed by atoms with E-state index >= 15 is 0 Å². The van der Waals surface area contributed by atoms with Crippen LogP contribution in [0.2, 0.25) is 0 Å². The lowest BCUT2D eigenvalue weighted by Crippen LogP contribution is -2.46. The first-order chi connectivity index (χ1) is 11.6. The molecule has 2 amide bonds. The van der Waals surface area contributed by atoms with E-state index in [4.69, 9.17) is 0 Å². The van der Waals surface area contributed by atoms with Gasteiger partial charge in [0.25, 0.3) is 0 Å². The zero-order chi connectivity index (χ0) is 17.1. The van der Waals surface area contributed by atoms with Gasteiger partial charge in [-0.2, -0.15) is 0 Å². The molecule has 2 saturated carbocycles. The number of amides is 2. The lowest BCUT2D eigenvalue weighted by molar-refractivity contribution is -0.150. The maximum absolute atomic E-state index is 12.6. The Kier molecular flexibility index (Phi) is 5.41. The number of nitrogens with zero attached hydrogens (tertiary/aromatic N) is 1. The first kappa shape index (κ1) is 17.2. The second-order valence-corrected chi connectivity index (χ2v) is 7.57. The minimum atomic E-state index is -0.890. The maximum Gasteiger partial charge on any atom is 0.326 e. The summed E-state index contributed by atoms with van der Waals surface area (Å²) in [6, 6.07) is -0.465. The van der Waals surface area contributed by atoms with Gasteiger partial charge in [0.2, 0.25) is 11.8 Å². The Balaban J connectivity index is 1.47. The molecule has 24 heavy (non-hydrogen) atoms. The van der Waals surface area contributed by atoms with Crippen molar-refractivity contribution in [1.29, 1.82) is 0 Å². The average molecular weight is 336 g/mol. The normalized spacial score (nSPS) is 31.2. The van der Waals surface area contributed by atoms with Crippen LogP contribution in [0.15, 0.2) is 0 Å². The minimum absolute atomic E-state index is 0.000435. The Hall–Kier alpha value is -1.59. The van der Waals surface area contributed by atoms with Gasteiger partial charge in [-0.05, 0) is 51.4 Å². The SMILES string of the molecule is O=C(NC1CCC(C(=O)N2CCC[C@H]2C(=O)O)CC1)C1CCCC1. The van der Waals surface area contributed by atoms with E-state index in [2.05, 4.69) is 5.32 Å². The molecule has 1 saturated heterocycles. The number of carboxylic acids is 1. The highest BCUT2D eigenvalue weighted by molar-refractivity contribution is 5.85. The zero-order valence-corrected chi connectivity index (χ0v) is 14.2. The second kappa shape index (κ2) is 7.53. The van der Waals surface area contributed by atoms with Crippen LogP contribution in [0, 0.1) is 11.8 Å². The number of likely N-dealkylation sites (tertiary alicyclic amines) is 1. The number of aliphatic carboxylic acids is 1. The standard InChI is InChI=1S/C18H28N2O4/c21-16(12-4-1-2-5-12)19-14-9-7-13(8-10-14)17(22)20-11-3-6-15(20)18(23)24/h12-15H,1-11H2,(H,19,21)(H,23,24)/t13?,14?,15-/m0/s1. The van der Waals surface area contributed by atoms with Gasteiger partial charge in [-0.15, -0.1) is 0 Å². The number of carboxylic acid groups (broad SMARTS) is 1. The molecule has 0 bridgehead atoms. The van der Waals surface area contributed by atoms with Crippen molar-refractivity contribution in [2.45, 2.75) is 76.3 Å². The van der Waals surface area contributed by atoms with E-state index in [1.165, 1.54) is 0 Å². The van der Waals surface area contributed by atoms with Crippen molar-refractivity contribution in [3.63, 3.8) is 0 Å². The van der Waals surface area contributed by atoms with E-state index in [-0.39, 0.29) is 29.7 Å². The van der Waals surface area contributed by atoms with Gasteiger partial charge in [-0.25, -0.2) is 4.79 Å². The molecule has 3 fully saturated rings. The molecule has 1 heterocycles. The number of carbonyl (C=O) groups excluding carboxylic acids is 2. The van der Waals surface area contributed by atoms with Crippen molar-refractivity contribution < 1.29 is 19.5 Å². The smallest absolute Gasteiger partial charge is 0.326 e. The van der Waals surface area contributed by atoms with Crippen LogP contribution in [0.25, 0.3) is 0 Å². The van der Waals surface area contributed by atoms with Gasteiger partial charge in [0.1, 0.15) is 6.04 Å². The first-order valence-electron chi connectivity index (χ1n) is 9.40. The highest BCUT2D eigenvalue weighted by Gasteiger charge is 2.38. The number of rotatable bonds is 4. The molecular formula is C18H28N2O4. The van der Waals surface area contributed by atoms with Crippen LogP contribution >= 0.6 is 0 Å². The molecule has 2 aliphatic carbocycles. The molecule has 3 aliphatic rings. The molecular weight excluding hydrogens is 308 g/mol. The lowest BCUT2D eigenvalue weighted by Gasteiger charge is -2.32. The van der Waals surface area contributed by atoms with Crippen LogP contribution in [0.1, 0.15) is 64.2 Å². The van der Waals surface area contributed by atoms with Gasteiger partial charge < -0.3 is 15.3 Å². The van der Waals surface area contributed by atoms with Gasteiger partial charge in [-0.3, -0.25) is 9.59 Å². The Bertz CT molecular complexity index is 493. The molecule has 0 aromatic carbocycles. The predicted octanol–water partition coefficient (Wildman–Crippen LogP) is 1.93. The summed E-state index contributed by atoms with van der Waals surface area (Å²) >= 11 is 0. The average Bonchev–Trinajstić information content (AvgIpc) is 3.26. The van der Waals surface area contributed by atoms with Crippen molar-refractivity contribution >= 4 is 17.8 Å². The summed E-state index contributed by atoms with van der Waals surface area (Å²) in [7, 11) is 0. The largest absolute Gasteiger partial charge is 0.480 e. The summed E-state index contributed by atoms with van der Waals surface area (Å²) in [6.45, 7) is 0.564. The van der Waals surface area contributed by atoms with Gasteiger partial charge in [0.05, 0.1) is 0 Å². The fraction of sp³-hybridized carbons (Fsp3) is 0.833. The predicted molar refractivity (Wildman–Crippen MR) is 88.2 cm³/mol. The highest BCUT2D eigenvalue weighted by Crippen LogP contribution is 2.30. The summed E-state index contributed by atoms with van der Waals surface area (Å²) in [4.78, 5) is 37.6. The maximum atomic E-state index is 12.6. The van der Waals surface area contributed by atoms with Crippen molar-refractivity contribution in [3.05, 3.63) is 0 Å². The van der Waals surface area contributed by atoms with Crippen LogP contribution in [0.4, 0.5) is 0 Å². The van der Waals surface area contributed by atoms with Crippen molar-refractivity contribution in [2.75, 3.05) is 6.54 Å². The Morgan fingerprint density at radius 1 is 0.833 bits per heavy atom. The van der Waals surface area contributed by atoms with Crippen LogP contribution in [0.5, 0.6) is 0 Å². The molecule has 6 nitrogen and oxygen atoms in total. The van der Waals surface area contributed by atoms with E-state index in [9.17, 15) is 19.5 Å². The van der Waals surface area contributed by atoms with E-state index in [0.717, 1.165) is 57.8 Å². The summed E-state index contributed by atoms with van der Waals surface area (Å²) in [5, 5.41) is 12.4. The van der Waals surface area contributed by atoms with E-state index in [1.807, 2.05) is 0 Å². The molecule has 1 atom stereocenters. The van der Waals surface area contributed by atoms with Crippen molar-refractivity contribution in [2.24, 2.45) is 11.8 Å². The van der Waals surface area contributed by atoms with Gasteiger partial charge in [0.15, 0.2) is 0 Å². The van der Waals surface area contributed by atoms with E-state index in [1.54, 1.807) is 4.90 Å². The number of carbonyl (C=O) groups is 3. The van der Waals surface area contributed by atoms with E-state index in [0.29, 0.717) is 13.0 Å². The second-order valence-electron chi connectivity index (χ2n) is 7.57. The number of hydrogen-bond donors (Lipinski definition) is 2. The van der Waals surface area contributed by atoms with Crippen molar-refractivity contribution in [1.82, 2.24) is 10.2 Å². The van der Waals surface area contributed by atoms with Crippen LogP contribution < -0.4 is 5.32 Å². The summed E-state index contributed by atoms with van der Waals surface area (Å²) in [6.07, 6.45) is 8.79. The fourth-order valence-corrected chi connectivity index (χ4v) is 4.51. The van der Waals surface area contributed by atoms with Gasteiger partial charge in [-0.1, -0.05) is 12.8 Å². The quantitative estimate of drug-likeness (QED) is 0.821. The molecule has 2 N–H and O–H groups in total. The van der Waals surface area contributed by atoms with Gasteiger partial charge in [0, 0.05) is 24.4 Å². The summed E-state index contributed by atoms with van der Waals surface area (Å²) in [5.41, 5.74) is 0. The molecule has 0 spiro atoms. The summed E-state index contributed by atoms with van der Waals surface area (Å²) in [5.74, 6) is -0.596. The number of nitrogens with one attached hydrogen (secondary N) is 1. The number of hydrogen-bond acceptors (Lipinski definition) is 3. The van der Waals surface area contributed by atoms with Gasteiger partial charge >= 0.3 is 5.97 Å². The van der Waals surface area contributed by atoms with Crippen LogP contribution in [0.3, 0.4) is 0 Å². The summed E-state index contributed by atoms with van der Waals surface area (Å²) < 4.78 is 0. The highest BCUT2D eigenvalue weighted by atomic mass is 16.4. The van der Waals surface area contributed by atoms with Crippen LogP contribution in [-0.2, 0) is 14.4 Å². The lowest BCUT2D eigenvalue weighted by atomic mass is 9.84. The molecule has 0 aromatic heterocycles. The van der Waals surface area contributed by atoms with Crippen LogP contribution in [-0.4, -0.2) is 46.4 Å². The molecule has 134 valence electrons. The monoisotopic (exact) mass is 336 g/mol. The van der Waals surface area contributed by atoms with Crippen molar-refractivity contribution in [3.8, 4) is 0 Å². The third kappa shape index (κ3) is 3.73. The minimum Gasteiger partial charge on any atom is -0.480 e. The molecule has 3 rings (SSSR count).